The molecule has 7 heteroatoms. The highest BCUT2D eigenvalue weighted by atomic mass is 32.1. The molecule has 0 spiro atoms. The Morgan fingerprint density at radius 3 is 1.69 bits per heavy atom. The fourth-order valence-electron chi connectivity index (χ4n) is 7.05. The van der Waals surface area contributed by atoms with Gasteiger partial charge in [-0.25, -0.2) is 13.8 Å². The Balaban J connectivity index is 1.31. The maximum absolute atomic E-state index is 14.5. The molecule has 0 aliphatic carbocycles. The first-order chi connectivity index (χ1) is 23.6. The monoisotopic (exact) mass is 640 g/mol. The van der Waals surface area contributed by atoms with Crippen molar-refractivity contribution in [1.82, 2.24) is 19.5 Å². The fourth-order valence-corrected chi connectivity index (χ4v) is 8.28. The minimum atomic E-state index is -0.399. The highest BCUT2D eigenvalue weighted by molar-refractivity contribution is 7.26. The zero-order valence-electron chi connectivity index (χ0n) is 25.2. The molecule has 0 atom stereocenters. The van der Waals surface area contributed by atoms with Crippen LogP contribution in [0, 0.1) is 11.6 Å². The van der Waals surface area contributed by atoms with Crippen LogP contribution in [0.25, 0.3) is 92.2 Å². The van der Waals surface area contributed by atoms with Gasteiger partial charge >= 0.3 is 0 Å². The lowest BCUT2D eigenvalue weighted by atomic mass is 9.98. The Hall–Kier alpha value is -6.05. The van der Waals surface area contributed by atoms with E-state index in [1.165, 1.54) is 55.2 Å². The molecular weight excluding hydrogens is 619 g/mol. The molecule has 0 bridgehead atoms. The maximum atomic E-state index is 14.5. The van der Waals surface area contributed by atoms with E-state index in [2.05, 4.69) is 77.4 Å². The van der Waals surface area contributed by atoms with E-state index in [-0.39, 0.29) is 0 Å². The van der Waals surface area contributed by atoms with Crippen LogP contribution in [0.1, 0.15) is 0 Å². The van der Waals surface area contributed by atoms with Gasteiger partial charge in [-0.2, -0.15) is 9.97 Å². The number of fused-ring (bicyclic) bond motifs is 11. The minimum Gasteiger partial charge on any atom is -0.277 e. The van der Waals surface area contributed by atoms with Gasteiger partial charge in [0.15, 0.2) is 11.6 Å². The number of para-hydroxylation sites is 1. The molecule has 0 saturated heterocycles. The van der Waals surface area contributed by atoms with Gasteiger partial charge in [0, 0.05) is 52.8 Å². The number of nitrogens with zero attached hydrogens (tertiary/aromatic N) is 4. The Labute approximate surface area is 276 Å². The minimum absolute atomic E-state index is 0.294. The van der Waals surface area contributed by atoms with Gasteiger partial charge in [0.25, 0.3) is 0 Å². The zero-order chi connectivity index (χ0) is 31.9. The molecule has 226 valence electrons. The first-order valence-electron chi connectivity index (χ1n) is 15.6. The third-order valence-corrected chi connectivity index (χ3v) is 10.4. The Morgan fingerprint density at radius 1 is 0.458 bits per heavy atom. The van der Waals surface area contributed by atoms with Crippen molar-refractivity contribution in [2.75, 3.05) is 0 Å². The van der Waals surface area contributed by atoms with Crippen LogP contribution in [-0.4, -0.2) is 19.5 Å². The third-order valence-electron chi connectivity index (χ3n) is 9.16. The van der Waals surface area contributed by atoms with Gasteiger partial charge in [-0.1, -0.05) is 97.1 Å². The molecule has 10 rings (SSSR count). The standard InChI is InChI=1S/C41H22F2N4S/c42-25-9-5-7-23(21-25)39-44-40(24-8-6-10-26(43)22-24)46-41(45-39)47-35-13-3-1-11-29(35)32-17-15-27-28-16-19-34-30-12-2-4-14-36(30)48-38(34)33(28)20-18-31(27)37(32)47/h1-22H. The van der Waals surface area contributed by atoms with Gasteiger partial charge in [0.1, 0.15) is 11.6 Å². The van der Waals surface area contributed by atoms with Gasteiger partial charge < -0.3 is 0 Å². The van der Waals surface area contributed by atoms with Crippen LogP contribution in [0.3, 0.4) is 0 Å². The lowest BCUT2D eigenvalue weighted by Gasteiger charge is -2.13. The molecule has 0 fully saturated rings. The van der Waals surface area contributed by atoms with Crippen molar-refractivity contribution in [1.29, 1.82) is 0 Å². The third kappa shape index (κ3) is 4.01. The summed E-state index contributed by atoms with van der Waals surface area (Å²) >= 11 is 1.82. The lowest BCUT2D eigenvalue weighted by Crippen LogP contribution is -2.06. The number of thiophene rings is 1. The summed E-state index contributed by atoms with van der Waals surface area (Å²) in [5.41, 5.74) is 2.87. The fraction of sp³-hybridized carbons (Fsp3) is 0. The Morgan fingerprint density at radius 2 is 1.00 bits per heavy atom. The molecule has 0 aliphatic heterocycles. The number of hydrogen-bond acceptors (Lipinski definition) is 4. The van der Waals surface area contributed by atoms with Crippen LogP contribution in [0.5, 0.6) is 0 Å². The zero-order valence-corrected chi connectivity index (χ0v) is 26.0. The van der Waals surface area contributed by atoms with Gasteiger partial charge in [-0.15, -0.1) is 11.3 Å². The molecular formula is C41H22F2N4S. The maximum Gasteiger partial charge on any atom is 0.238 e. The normalized spacial score (nSPS) is 12.0. The molecule has 0 N–H and O–H groups in total. The number of halogens is 2. The SMILES string of the molecule is Fc1cccc(-c2nc(-c3cccc(F)c3)nc(-n3c4ccccc4c4ccc5c6ccc7c8ccccc8sc7c6ccc5c43)n2)c1. The van der Waals surface area contributed by atoms with Crippen molar-refractivity contribution in [2.45, 2.75) is 0 Å². The van der Waals surface area contributed by atoms with E-state index in [9.17, 15) is 8.78 Å². The van der Waals surface area contributed by atoms with Crippen LogP contribution >= 0.6 is 11.3 Å². The predicted molar refractivity (Wildman–Crippen MR) is 193 cm³/mol. The summed E-state index contributed by atoms with van der Waals surface area (Å²) in [6.07, 6.45) is 0. The van der Waals surface area contributed by atoms with Crippen LogP contribution in [0.15, 0.2) is 133 Å². The molecule has 48 heavy (non-hydrogen) atoms. The van der Waals surface area contributed by atoms with Crippen LogP contribution in [-0.2, 0) is 0 Å². The average Bonchev–Trinajstić information content (AvgIpc) is 3.68. The summed E-state index contributed by atoms with van der Waals surface area (Å²) in [6.45, 7) is 0. The molecule has 0 aliphatic rings. The molecule has 4 nitrogen and oxygen atoms in total. The van der Waals surface area contributed by atoms with Crippen molar-refractivity contribution in [3.05, 3.63) is 145 Å². The van der Waals surface area contributed by atoms with E-state index < -0.39 is 11.6 Å². The second-order valence-corrected chi connectivity index (χ2v) is 13.0. The summed E-state index contributed by atoms with van der Waals surface area (Å²) in [5, 5.41) is 9.19. The van der Waals surface area contributed by atoms with Crippen molar-refractivity contribution in [3.8, 4) is 28.7 Å². The molecule has 7 aromatic carbocycles. The average molecular weight is 641 g/mol. The highest BCUT2D eigenvalue weighted by Crippen LogP contribution is 2.43. The molecule has 3 aromatic heterocycles. The van der Waals surface area contributed by atoms with Crippen molar-refractivity contribution in [2.24, 2.45) is 0 Å². The summed E-state index contributed by atoms with van der Waals surface area (Å²) in [4.78, 5) is 14.6. The predicted octanol–water partition coefficient (Wildman–Crippen LogP) is 11.3. The Kier molecular flexibility index (Phi) is 5.77. The summed E-state index contributed by atoms with van der Waals surface area (Å²) in [6, 6.07) is 42.3. The van der Waals surface area contributed by atoms with E-state index in [0.717, 1.165) is 32.6 Å². The largest absolute Gasteiger partial charge is 0.277 e. The topological polar surface area (TPSA) is 43.6 Å². The van der Waals surface area contributed by atoms with Gasteiger partial charge in [-0.3, -0.25) is 4.57 Å². The highest BCUT2D eigenvalue weighted by Gasteiger charge is 2.21. The summed E-state index contributed by atoms with van der Waals surface area (Å²) in [5.74, 6) is 0.154. The smallest absolute Gasteiger partial charge is 0.238 e. The Bertz CT molecular complexity index is 2880. The van der Waals surface area contributed by atoms with E-state index in [1.54, 1.807) is 24.3 Å². The number of hydrogen-bond donors (Lipinski definition) is 0. The van der Waals surface area contributed by atoms with Crippen LogP contribution < -0.4 is 0 Å². The van der Waals surface area contributed by atoms with E-state index in [1.807, 2.05) is 23.5 Å². The van der Waals surface area contributed by atoms with Crippen molar-refractivity contribution < 1.29 is 8.78 Å². The first-order valence-corrected chi connectivity index (χ1v) is 16.4. The summed E-state index contributed by atoms with van der Waals surface area (Å²) in [7, 11) is 0. The number of benzene rings is 7. The molecule has 0 saturated carbocycles. The van der Waals surface area contributed by atoms with Gasteiger partial charge in [0.05, 0.1) is 11.0 Å². The van der Waals surface area contributed by atoms with E-state index in [4.69, 9.17) is 15.0 Å². The van der Waals surface area contributed by atoms with Crippen molar-refractivity contribution in [3.63, 3.8) is 0 Å². The molecule has 3 heterocycles. The van der Waals surface area contributed by atoms with Crippen LogP contribution in [0.2, 0.25) is 0 Å². The molecule has 0 unspecified atom stereocenters. The van der Waals surface area contributed by atoms with Crippen molar-refractivity contribution >= 4 is 74.9 Å². The van der Waals surface area contributed by atoms with Crippen LogP contribution in [0.4, 0.5) is 8.78 Å². The second kappa shape index (κ2) is 10.2. The first kappa shape index (κ1) is 27.1. The van der Waals surface area contributed by atoms with Gasteiger partial charge in [-0.05, 0) is 47.2 Å². The number of aromatic nitrogens is 4. The lowest BCUT2D eigenvalue weighted by molar-refractivity contribution is 0.628. The second-order valence-electron chi connectivity index (χ2n) is 11.9. The van der Waals surface area contributed by atoms with Gasteiger partial charge in [0.2, 0.25) is 5.95 Å². The molecule has 0 amide bonds. The quantitative estimate of drug-likeness (QED) is 0.181. The molecule has 0 radical (unpaired) electrons. The summed E-state index contributed by atoms with van der Waals surface area (Å²) < 4.78 is 33.5. The molecule has 10 aromatic rings. The van der Waals surface area contributed by atoms with E-state index >= 15 is 0 Å². The number of rotatable bonds is 3. The van der Waals surface area contributed by atoms with E-state index in [0.29, 0.717) is 28.7 Å².